The molecule has 1 aliphatic rings. The highest BCUT2D eigenvalue weighted by molar-refractivity contribution is 7.91. The number of rotatable bonds is 4. The quantitative estimate of drug-likeness (QED) is 0.654. The van der Waals surface area contributed by atoms with Crippen LogP contribution in [-0.2, 0) is 21.1 Å². The van der Waals surface area contributed by atoms with Crippen molar-refractivity contribution in [3.8, 4) is 0 Å². The van der Waals surface area contributed by atoms with Gasteiger partial charge in [-0.3, -0.25) is 4.79 Å². The number of aryl methyl sites for hydroxylation is 3. The van der Waals surface area contributed by atoms with Crippen molar-refractivity contribution in [1.82, 2.24) is 5.32 Å². The number of nitrogens with one attached hydrogen (secondary N) is 1. The summed E-state index contributed by atoms with van der Waals surface area (Å²) < 4.78 is 34.2. The molecule has 4 rings (SSSR count). The molecule has 7 nitrogen and oxygen atoms in total. The van der Waals surface area contributed by atoms with Crippen LogP contribution in [0.3, 0.4) is 0 Å². The molecule has 1 atom stereocenters. The molecule has 1 N–H and O–H groups in total. The lowest BCUT2D eigenvalue weighted by atomic mass is 9.98. The van der Waals surface area contributed by atoms with Crippen molar-refractivity contribution in [2.75, 3.05) is 11.5 Å². The molecule has 0 radical (unpaired) electrons. The van der Waals surface area contributed by atoms with E-state index in [1.807, 2.05) is 26.8 Å². The average Bonchev–Trinajstić information content (AvgIpc) is 3.18. The lowest BCUT2D eigenvalue weighted by molar-refractivity contribution is -0.121. The fourth-order valence-corrected chi connectivity index (χ4v) is 5.73. The van der Waals surface area contributed by atoms with E-state index in [-0.39, 0.29) is 36.3 Å². The van der Waals surface area contributed by atoms with Gasteiger partial charge in [0, 0.05) is 34.4 Å². The monoisotopic (exact) mass is 417 g/mol. The minimum absolute atomic E-state index is 0.0186. The first-order chi connectivity index (χ1) is 13.7. The average molecular weight is 417 g/mol. The Morgan fingerprint density at radius 3 is 2.62 bits per heavy atom. The van der Waals surface area contributed by atoms with E-state index < -0.39 is 15.5 Å². The Hall–Kier alpha value is -2.61. The topological polar surface area (TPSA) is 107 Å². The Morgan fingerprint density at radius 2 is 1.93 bits per heavy atom. The van der Waals surface area contributed by atoms with Crippen LogP contribution in [-0.4, -0.2) is 31.9 Å². The second-order valence-electron chi connectivity index (χ2n) is 7.83. The molecule has 0 saturated carbocycles. The maximum absolute atomic E-state index is 12.6. The highest BCUT2D eigenvalue weighted by Gasteiger charge is 2.29. The number of carbonyl (C=O) groups is 1. The zero-order valence-corrected chi connectivity index (χ0v) is 17.4. The molecule has 3 aromatic rings. The van der Waals surface area contributed by atoms with Gasteiger partial charge in [-0.25, -0.2) is 13.2 Å². The van der Waals surface area contributed by atoms with Crippen LogP contribution in [0.5, 0.6) is 0 Å². The molecule has 0 bridgehead atoms. The van der Waals surface area contributed by atoms with Gasteiger partial charge in [0.2, 0.25) is 5.91 Å². The molecule has 1 aliphatic heterocycles. The van der Waals surface area contributed by atoms with Crippen molar-refractivity contribution in [1.29, 1.82) is 0 Å². The van der Waals surface area contributed by atoms with Crippen LogP contribution >= 0.6 is 0 Å². The van der Waals surface area contributed by atoms with Crippen LogP contribution in [0.25, 0.3) is 21.9 Å². The summed E-state index contributed by atoms with van der Waals surface area (Å²) in [6, 6.07) is 1.61. The Bertz CT molecular complexity index is 1300. The number of hydrogen-bond acceptors (Lipinski definition) is 6. The molecule has 0 unspecified atom stereocenters. The van der Waals surface area contributed by atoms with Gasteiger partial charge in [-0.05, 0) is 50.8 Å². The molecular weight excluding hydrogens is 394 g/mol. The van der Waals surface area contributed by atoms with Crippen molar-refractivity contribution < 1.29 is 22.0 Å². The molecule has 2 aromatic heterocycles. The van der Waals surface area contributed by atoms with Crippen LogP contribution in [0, 0.1) is 20.8 Å². The lowest BCUT2D eigenvalue weighted by Crippen LogP contribution is -2.35. The summed E-state index contributed by atoms with van der Waals surface area (Å²) in [6.07, 6.45) is 2.44. The zero-order valence-electron chi connectivity index (χ0n) is 16.6. The lowest BCUT2D eigenvalue weighted by Gasteiger charge is -2.12. The molecule has 1 fully saturated rings. The maximum Gasteiger partial charge on any atom is 0.339 e. The molecule has 1 saturated heterocycles. The third-order valence-electron chi connectivity index (χ3n) is 5.73. The molecule has 154 valence electrons. The van der Waals surface area contributed by atoms with Crippen LogP contribution in [0.4, 0.5) is 0 Å². The van der Waals surface area contributed by atoms with E-state index in [9.17, 15) is 18.0 Å². The summed E-state index contributed by atoms with van der Waals surface area (Å²) in [5.41, 5.74) is 3.78. The summed E-state index contributed by atoms with van der Waals surface area (Å²) >= 11 is 0. The van der Waals surface area contributed by atoms with Crippen molar-refractivity contribution in [3.05, 3.63) is 45.0 Å². The summed E-state index contributed by atoms with van der Waals surface area (Å²) in [4.78, 5) is 24.8. The number of hydrogen-bond donors (Lipinski definition) is 1. The van der Waals surface area contributed by atoms with E-state index in [1.54, 1.807) is 6.26 Å². The molecular formula is C21H23NO6S. The van der Waals surface area contributed by atoms with Gasteiger partial charge in [-0.2, -0.15) is 0 Å². The van der Waals surface area contributed by atoms with E-state index in [2.05, 4.69) is 5.32 Å². The van der Waals surface area contributed by atoms with Crippen LogP contribution < -0.4 is 10.9 Å². The summed E-state index contributed by atoms with van der Waals surface area (Å²) in [5.74, 6) is -0.176. The zero-order chi connectivity index (χ0) is 20.9. The number of furan rings is 1. The van der Waals surface area contributed by atoms with Crippen molar-refractivity contribution in [2.24, 2.45) is 0 Å². The fraction of sp³-hybridized carbons (Fsp3) is 0.429. The summed E-state index contributed by atoms with van der Waals surface area (Å²) in [6.45, 7) is 5.68. The number of amides is 1. The highest BCUT2D eigenvalue weighted by Crippen LogP contribution is 2.32. The van der Waals surface area contributed by atoms with Gasteiger partial charge < -0.3 is 14.2 Å². The van der Waals surface area contributed by atoms with Gasteiger partial charge in [0.1, 0.15) is 11.2 Å². The third kappa shape index (κ3) is 3.57. The van der Waals surface area contributed by atoms with E-state index in [0.717, 1.165) is 27.5 Å². The number of fused-ring (bicyclic) bond motifs is 2. The van der Waals surface area contributed by atoms with Crippen molar-refractivity contribution >= 4 is 37.7 Å². The number of carbonyl (C=O) groups excluding carboxylic acids is 1. The Morgan fingerprint density at radius 1 is 1.17 bits per heavy atom. The first kappa shape index (κ1) is 19.7. The Labute approximate surface area is 168 Å². The first-order valence-electron chi connectivity index (χ1n) is 9.60. The number of sulfone groups is 1. The van der Waals surface area contributed by atoms with Crippen LogP contribution in [0.2, 0.25) is 0 Å². The number of benzene rings is 1. The largest absolute Gasteiger partial charge is 0.464 e. The molecule has 0 spiro atoms. The SMILES string of the molecule is Cc1coc2c(C)c3oc(=O)c(CCC(=O)N[C@H]4CCS(=O)(=O)C4)c(C)c3cc12. The summed E-state index contributed by atoms with van der Waals surface area (Å²) in [5, 5.41) is 4.56. The minimum Gasteiger partial charge on any atom is -0.464 e. The second kappa shape index (κ2) is 7.02. The molecule has 8 heteroatoms. The molecule has 1 amide bonds. The van der Waals surface area contributed by atoms with Gasteiger partial charge in [0.25, 0.3) is 0 Å². The Balaban J connectivity index is 1.60. The maximum atomic E-state index is 12.6. The normalized spacial score (nSPS) is 18.5. The molecule has 29 heavy (non-hydrogen) atoms. The van der Waals surface area contributed by atoms with Crippen LogP contribution in [0.15, 0.2) is 26.0 Å². The molecule has 0 aliphatic carbocycles. The highest BCUT2D eigenvalue weighted by atomic mass is 32.2. The van der Waals surface area contributed by atoms with E-state index in [0.29, 0.717) is 23.2 Å². The van der Waals surface area contributed by atoms with Gasteiger partial charge in [0.15, 0.2) is 9.84 Å². The Kier molecular flexibility index (Phi) is 4.77. The smallest absolute Gasteiger partial charge is 0.339 e. The van der Waals surface area contributed by atoms with E-state index >= 15 is 0 Å². The van der Waals surface area contributed by atoms with E-state index in [1.165, 1.54) is 0 Å². The molecule has 1 aromatic carbocycles. The van der Waals surface area contributed by atoms with E-state index in [4.69, 9.17) is 8.83 Å². The summed E-state index contributed by atoms with van der Waals surface area (Å²) in [7, 11) is -3.05. The van der Waals surface area contributed by atoms with Crippen molar-refractivity contribution in [3.63, 3.8) is 0 Å². The van der Waals surface area contributed by atoms with Crippen molar-refractivity contribution in [2.45, 2.75) is 46.1 Å². The van der Waals surface area contributed by atoms with Gasteiger partial charge in [0.05, 0.1) is 17.8 Å². The van der Waals surface area contributed by atoms with Gasteiger partial charge >= 0.3 is 5.63 Å². The first-order valence-corrected chi connectivity index (χ1v) is 11.4. The van der Waals surface area contributed by atoms with Gasteiger partial charge in [-0.15, -0.1) is 0 Å². The minimum atomic E-state index is -3.05. The molecule has 3 heterocycles. The van der Waals surface area contributed by atoms with Crippen LogP contribution in [0.1, 0.15) is 35.1 Å². The predicted octanol–water partition coefficient (Wildman–Crippen LogP) is 2.70. The fourth-order valence-electron chi connectivity index (χ4n) is 4.05. The van der Waals surface area contributed by atoms with Gasteiger partial charge in [-0.1, -0.05) is 0 Å². The second-order valence-corrected chi connectivity index (χ2v) is 10.1. The predicted molar refractivity (Wildman–Crippen MR) is 110 cm³/mol. The third-order valence-corrected chi connectivity index (χ3v) is 7.50. The standard InChI is InChI=1S/C21H23NO6S/c1-11-9-27-19-13(3)20-17(8-16(11)19)12(2)15(21(24)28-20)4-5-18(23)22-14-6-7-29(25,26)10-14/h8-9,14H,4-7,10H2,1-3H3,(H,22,23)/t14-/m0/s1.